The molecule has 1 amide bonds. The molecule has 1 saturated heterocycles. The van der Waals surface area contributed by atoms with Crippen LogP contribution in [0, 0.1) is 10.1 Å². The predicted molar refractivity (Wildman–Crippen MR) is 92.3 cm³/mol. The lowest BCUT2D eigenvalue weighted by atomic mass is 10.1. The molecule has 7 heteroatoms. The zero-order valence-corrected chi connectivity index (χ0v) is 14.9. The summed E-state index contributed by atoms with van der Waals surface area (Å²) in [4.78, 5) is 26.6. The molecule has 2 atom stereocenters. The zero-order chi connectivity index (χ0) is 18.1. The number of nitrogens with zero attached hydrogens (tertiary/aromatic N) is 3. The van der Waals surface area contributed by atoms with Gasteiger partial charge < -0.3 is 14.5 Å². The third-order valence-corrected chi connectivity index (χ3v) is 3.93. The molecule has 0 aromatic heterocycles. The van der Waals surface area contributed by atoms with Gasteiger partial charge in [0.05, 0.1) is 4.92 Å². The van der Waals surface area contributed by atoms with Crippen LogP contribution in [0.2, 0.25) is 0 Å². The van der Waals surface area contributed by atoms with Crippen LogP contribution in [0.4, 0.5) is 16.2 Å². The normalized spacial score (nSPS) is 21.5. The number of piperazine rings is 1. The van der Waals surface area contributed by atoms with Crippen LogP contribution in [0.25, 0.3) is 0 Å². The van der Waals surface area contributed by atoms with Crippen molar-refractivity contribution in [1.29, 1.82) is 0 Å². The molecule has 0 radical (unpaired) electrons. The Morgan fingerprint density at radius 2 is 1.67 bits per heavy atom. The molecule has 1 fully saturated rings. The van der Waals surface area contributed by atoms with E-state index in [1.165, 1.54) is 12.1 Å². The van der Waals surface area contributed by atoms with Crippen LogP contribution in [0.3, 0.4) is 0 Å². The molecule has 1 aliphatic rings. The summed E-state index contributed by atoms with van der Waals surface area (Å²) in [5.74, 6) is 0. The van der Waals surface area contributed by atoms with E-state index in [9.17, 15) is 14.9 Å². The van der Waals surface area contributed by atoms with Crippen LogP contribution in [-0.2, 0) is 4.74 Å². The Morgan fingerprint density at radius 3 is 2.08 bits per heavy atom. The molecule has 0 aliphatic carbocycles. The maximum Gasteiger partial charge on any atom is 0.410 e. The van der Waals surface area contributed by atoms with Crippen molar-refractivity contribution in [1.82, 2.24) is 4.90 Å². The van der Waals surface area contributed by atoms with E-state index in [0.717, 1.165) is 5.69 Å². The Hall–Kier alpha value is -2.31. The molecular formula is C17H25N3O4. The van der Waals surface area contributed by atoms with Gasteiger partial charge in [0.15, 0.2) is 0 Å². The Bertz CT molecular complexity index is 597. The van der Waals surface area contributed by atoms with Crippen LogP contribution >= 0.6 is 0 Å². The third kappa shape index (κ3) is 4.15. The Labute approximate surface area is 142 Å². The van der Waals surface area contributed by atoms with Crippen molar-refractivity contribution in [3.63, 3.8) is 0 Å². The van der Waals surface area contributed by atoms with Gasteiger partial charge in [0, 0.05) is 43.0 Å². The monoisotopic (exact) mass is 335 g/mol. The maximum absolute atomic E-state index is 12.3. The molecular weight excluding hydrogens is 310 g/mol. The number of nitro groups is 1. The molecule has 0 N–H and O–H groups in total. The first-order valence-corrected chi connectivity index (χ1v) is 8.09. The van der Waals surface area contributed by atoms with Crippen LogP contribution in [0.1, 0.15) is 34.6 Å². The van der Waals surface area contributed by atoms with E-state index >= 15 is 0 Å². The molecule has 1 aromatic rings. The SMILES string of the molecule is CC1CN(C(=O)OC(C)(C)C)CC(C)N1c1ccc([N+](=O)[O-])cc1. The van der Waals surface area contributed by atoms with E-state index < -0.39 is 10.5 Å². The van der Waals surface area contributed by atoms with E-state index in [4.69, 9.17) is 4.74 Å². The number of amides is 1. The van der Waals surface area contributed by atoms with Gasteiger partial charge in [-0.1, -0.05) is 0 Å². The van der Waals surface area contributed by atoms with Gasteiger partial charge in [-0.2, -0.15) is 0 Å². The van der Waals surface area contributed by atoms with E-state index in [0.29, 0.717) is 13.1 Å². The van der Waals surface area contributed by atoms with Crippen molar-refractivity contribution in [2.24, 2.45) is 0 Å². The number of rotatable bonds is 2. The Kier molecular flexibility index (Phi) is 5.01. The molecule has 132 valence electrons. The number of carbonyl (C=O) groups excluding carboxylic acids is 1. The molecule has 0 saturated carbocycles. The van der Waals surface area contributed by atoms with Crippen molar-refractivity contribution in [3.8, 4) is 0 Å². The lowest BCUT2D eigenvalue weighted by Gasteiger charge is -2.45. The highest BCUT2D eigenvalue weighted by molar-refractivity contribution is 5.69. The maximum atomic E-state index is 12.3. The minimum absolute atomic E-state index is 0.0754. The Balaban J connectivity index is 2.10. The number of anilines is 1. The van der Waals surface area contributed by atoms with Gasteiger partial charge in [-0.25, -0.2) is 4.79 Å². The minimum atomic E-state index is -0.515. The number of hydrogen-bond donors (Lipinski definition) is 0. The Morgan fingerprint density at radius 1 is 1.17 bits per heavy atom. The highest BCUT2D eigenvalue weighted by Gasteiger charge is 2.34. The van der Waals surface area contributed by atoms with Crippen molar-refractivity contribution < 1.29 is 14.5 Å². The summed E-state index contributed by atoms with van der Waals surface area (Å²) in [7, 11) is 0. The smallest absolute Gasteiger partial charge is 0.410 e. The van der Waals surface area contributed by atoms with Gasteiger partial charge in [-0.3, -0.25) is 10.1 Å². The van der Waals surface area contributed by atoms with Crippen molar-refractivity contribution in [2.75, 3.05) is 18.0 Å². The molecule has 2 rings (SSSR count). The summed E-state index contributed by atoms with van der Waals surface area (Å²) >= 11 is 0. The first kappa shape index (κ1) is 18.0. The fourth-order valence-electron chi connectivity index (χ4n) is 3.05. The largest absolute Gasteiger partial charge is 0.444 e. The molecule has 1 heterocycles. The lowest BCUT2D eigenvalue weighted by molar-refractivity contribution is -0.384. The lowest BCUT2D eigenvalue weighted by Crippen LogP contribution is -2.58. The molecule has 24 heavy (non-hydrogen) atoms. The van der Waals surface area contributed by atoms with Gasteiger partial charge in [-0.15, -0.1) is 0 Å². The standard InChI is InChI=1S/C17H25N3O4/c1-12-10-18(16(21)24-17(3,4)5)11-13(2)19(12)14-6-8-15(9-7-14)20(22)23/h6-9,12-13H,10-11H2,1-5H3. The fraction of sp³-hybridized carbons (Fsp3) is 0.588. The van der Waals surface area contributed by atoms with Crippen LogP contribution in [-0.4, -0.2) is 46.7 Å². The summed E-state index contributed by atoms with van der Waals surface area (Å²) in [5.41, 5.74) is 0.481. The van der Waals surface area contributed by atoms with Gasteiger partial charge in [0.2, 0.25) is 0 Å². The highest BCUT2D eigenvalue weighted by atomic mass is 16.6. The molecule has 1 aliphatic heterocycles. The summed E-state index contributed by atoms with van der Waals surface area (Å²) in [5, 5.41) is 10.8. The number of nitro benzene ring substituents is 1. The summed E-state index contributed by atoms with van der Waals surface area (Å²) < 4.78 is 5.45. The summed E-state index contributed by atoms with van der Waals surface area (Å²) in [6.45, 7) is 10.7. The second-order valence-corrected chi connectivity index (χ2v) is 7.26. The van der Waals surface area contributed by atoms with Gasteiger partial charge >= 0.3 is 6.09 Å². The summed E-state index contributed by atoms with van der Waals surface area (Å²) in [6, 6.07) is 6.71. The highest BCUT2D eigenvalue weighted by Crippen LogP contribution is 2.27. The van der Waals surface area contributed by atoms with Crippen molar-refractivity contribution in [2.45, 2.75) is 52.3 Å². The predicted octanol–water partition coefficient (Wildman–Crippen LogP) is 3.43. The molecule has 0 spiro atoms. The van der Waals surface area contributed by atoms with Crippen molar-refractivity contribution in [3.05, 3.63) is 34.4 Å². The minimum Gasteiger partial charge on any atom is -0.444 e. The zero-order valence-electron chi connectivity index (χ0n) is 14.9. The number of hydrogen-bond acceptors (Lipinski definition) is 5. The third-order valence-electron chi connectivity index (χ3n) is 3.93. The van der Waals surface area contributed by atoms with Gasteiger partial charge in [0.25, 0.3) is 5.69 Å². The van der Waals surface area contributed by atoms with E-state index in [1.54, 1.807) is 17.0 Å². The number of benzene rings is 1. The number of ether oxygens (including phenoxy) is 1. The van der Waals surface area contributed by atoms with Gasteiger partial charge in [0.1, 0.15) is 5.60 Å². The van der Waals surface area contributed by atoms with E-state index in [-0.39, 0.29) is 23.9 Å². The van der Waals surface area contributed by atoms with Crippen LogP contribution in [0.15, 0.2) is 24.3 Å². The quantitative estimate of drug-likeness (QED) is 0.611. The first-order chi connectivity index (χ1) is 11.1. The number of carbonyl (C=O) groups is 1. The van der Waals surface area contributed by atoms with E-state index in [2.05, 4.69) is 4.90 Å². The topological polar surface area (TPSA) is 75.9 Å². The van der Waals surface area contributed by atoms with E-state index in [1.807, 2.05) is 34.6 Å². The summed E-state index contributed by atoms with van der Waals surface area (Å²) in [6.07, 6.45) is -0.301. The molecule has 2 unspecified atom stereocenters. The second-order valence-electron chi connectivity index (χ2n) is 7.26. The first-order valence-electron chi connectivity index (χ1n) is 8.09. The fourth-order valence-corrected chi connectivity index (χ4v) is 3.05. The van der Waals surface area contributed by atoms with Crippen LogP contribution in [0.5, 0.6) is 0 Å². The van der Waals surface area contributed by atoms with Gasteiger partial charge in [-0.05, 0) is 46.8 Å². The van der Waals surface area contributed by atoms with Crippen molar-refractivity contribution >= 4 is 17.5 Å². The molecule has 1 aromatic carbocycles. The van der Waals surface area contributed by atoms with Crippen LogP contribution < -0.4 is 4.90 Å². The average molecular weight is 335 g/mol. The average Bonchev–Trinajstić information content (AvgIpc) is 2.45. The number of non-ortho nitro benzene ring substituents is 1. The molecule has 0 bridgehead atoms. The second kappa shape index (κ2) is 6.67. The molecule has 7 nitrogen and oxygen atoms in total.